The molecule has 1 amide bonds. The van der Waals surface area contributed by atoms with Crippen LogP contribution < -0.4 is 10.2 Å². The number of nitrogens with one attached hydrogen (secondary N) is 1. The SMILES string of the molecule is O=C(COC(=O)c1ccccc1Cl)Nc1ccc(N2CCN(Cc3ccccc3)CC2)cc1. The summed E-state index contributed by atoms with van der Waals surface area (Å²) >= 11 is 5.98. The minimum absolute atomic E-state index is 0.236. The van der Waals surface area contributed by atoms with Gasteiger partial charge in [-0.3, -0.25) is 9.69 Å². The van der Waals surface area contributed by atoms with E-state index in [1.54, 1.807) is 24.3 Å². The minimum Gasteiger partial charge on any atom is -0.452 e. The molecule has 4 rings (SSSR count). The molecule has 3 aromatic carbocycles. The highest BCUT2D eigenvalue weighted by Gasteiger charge is 2.18. The second-order valence-corrected chi connectivity index (χ2v) is 8.31. The summed E-state index contributed by atoms with van der Waals surface area (Å²) in [5, 5.41) is 3.04. The summed E-state index contributed by atoms with van der Waals surface area (Å²) < 4.78 is 5.07. The van der Waals surface area contributed by atoms with Gasteiger partial charge in [-0.25, -0.2) is 4.79 Å². The van der Waals surface area contributed by atoms with Crippen LogP contribution in [-0.4, -0.2) is 49.6 Å². The van der Waals surface area contributed by atoms with Crippen molar-refractivity contribution in [3.8, 4) is 0 Å². The smallest absolute Gasteiger partial charge is 0.340 e. The standard InChI is InChI=1S/C26H26ClN3O3/c27-24-9-5-4-8-23(24)26(32)33-19-25(31)28-21-10-12-22(13-11-21)30-16-14-29(15-17-30)18-20-6-2-1-3-7-20/h1-13H,14-19H2,(H,28,31). The number of ether oxygens (including phenoxy) is 1. The van der Waals surface area contributed by atoms with Crippen molar-refractivity contribution in [3.63, 3.8) is 0 Å². The molecule has 1 aliphatic heterocycles. The normalized spacial score (nSPS) is 14.0. The highest BCUT2D eigenvalue weighted by Crippen LogP contribution is 2.20. The van der Waals surface area contributed by atoms with Crippen molar-refractivity contribution in [1.29, 1.82) is 0 Å². The second kappa shape index (κ2) is 11.0. The van der Waals surface area contributed by atoms with Gasteiger partial charge in [-0.1, -0.05) is 54.1 Å². The topological polar surface area (TPSA) is 61.9 Å². The lowest BCUT2D eigenvalue weighted by atomic mass is 10.2. The Hall–Kier alpha value is -3.35. The molecule has 0 aromatic heterocycles. The molecule has 6 nitrogen and oxygen atoms in total. The van der Waals surface area contributed by atoms with Crippen LogP contribution in [0.3, 0.4) is 0 Å². The zero-order chi connectivity index (χ0) is 23.0. The van der Waals surface area contributed by atoms with Crippen molar-refractivity contribution in [1.82, 2.24) is 4.90 Å². The van der Waals surface area contributed by atoms with Crippen LogP contribution in [0.25, 0.3) is 0 Å². The van der Waals surface area contributed by atoms with Gasteiger partial charge in [-0.15, -0.1) is 0 Å². The predicted octanol–water partition coefficient (Wildman–Crippen LogP) is 4.46. The van der Waals surface area contributed by atoms with E-state index in [-0.39, 0.29) is 12.2 Å². The summed E-state index contributed by atoms with van der Waals surface area (Å²) in [6.07, 6.45) is 0. The molecule has 7 heteroatoms. The number of piperazine rings is 1. The maximum atomic E-state index is 12.2. The maximum Gasteiger partial charge on any atom is 0.340 e. The highest BCUT2D eigenvalue weighted by molar-refractivity contribution is 6.33. The summed E-state index contributed by atoms with van der Waals surface area (Å²) in [5.41, 5.74) is 3.35. The molecular weight excluding hydrogens is 438 g/mol. The van der Waals surface area contributed by atoms with E-state index < -0.39 is 11.9 Å². The third kappa shape index (κ3) is 6.34. The molecule has 0 atom stereocenters. The van der Waals surface area contributed by atoms with Gasteiger partial charge in [-0.05, 0) is 42.0 Å². The molecule has 0 radical (unpaired) electrons. The zero-order valence-electron chi connectivity index (χ0n) is 18.2. The molecule has 0 spiro atoms. The molecule has 0 aliphatic carbocycles. The lowest BCUT2D eigenvalue weighted by molar-refractivity contribution is -0.119. The molecule has 0 saturated carbocycles. The molecule has 1 saturated heterocycles. The molecule has 1 fully saturated rings. The molecular formula is C26H26ClN3O3. The van der Waals surface area contributed by atoms with Crippen LogP contribution in [0, 0.1) is 0 Å². The van der Waals surface area contributed by atoms with Gasteiger partial charge in [0.15, 0.2) is 6.61 Å². The molecule has 170 valence electrons. The van der Waals surface area contributed by atoms with Crippen molar-refractivity contribution < 1.29 is 14.3 Å². The van der Waals surface area contributed by atoms with Crippen molar-refractivity contribution in [3.05, 3.63) is 95.0 Å². The fourth-order valence-electron chi connectivity index (χ4n) is 3.79. The van der Waals surface area contributed by atoms with E-state index in [0.717, 1.165) is 38.4 Å². The largest absolute Gasteiger partial charge is 0.452 e. The van der Waals surface area contributed by atoms with Crippen LogP contribution in [0.1, 0.15) is 15.9 Å². The lowest BCUT2D eigenvalue weighted by Crippen LogP contribution is -2.45. The molecule has 0 unspecified atom stereocenters. The number of carbonyl (C=O) groups is 2. The summed E-state index contributed by atoms with van der Waals surface area (Å²) in [4.78, 5) is 29.0. The number of esters is 1. The van der Waals surface area contributed by atoms with Gasteiger partial charge in [0.1, 0.15) is 0 Å². The maximum absolute atomic E-state index is 12.2. The molecule has 1 N–H and O–H groups in total. The zero-order valence-corrected chi connectivity index (χ0v) is 19.0. The fourth-order valence-corrected chi connectivity index (χ4v) is 4.01. The molecule has 3 aromatic rings. The van der Waals surface area contributed by atoms with Gasteiger partial charge in [0.2, 0.25) is 0 Å². The lowest BCUT2D eigenvalue weighted by Gasteiger charge is -2.36. The average Bonchev–Trinajstić information content (AvgIpc) is 2.84. The van der Waals surface area contributed by atoms with E-state index in [4.69, 9.17) is 16.3 Å². The summed E-state index contributed by atoms with van der Waals surface area (Å²) in [5.74, 6) is -1.03. The minimum atomic E-state index is -0.627. The Kier molecular flexibility index (Phi) is 7.60. The third-order valence-electron chi connectivity index (χ3n) is 5.57. The highest BCUT2D eigenvalue weighted by atomic mass is 35.5. The van der Waals surface area contributed by atoms with Gasteiger partial charge in [0, 0.05) is 44.1 Å². The number of halogens is 1. The Labute approximate surface area is 198 Å². The van der Waals surface area contributed by atoms with Gasteiger partial charge in [0.25, 0.3) is 5.91 Å². The van der Waals surface area contributed by atoms with Gasteiger partial charge < -0.3 is 15.0 Å². The Morgan fingerprint density at radius 2 is 1.52 bits per heavy atom. The number of nitrogens with zero attached hydrogens (tertiary/aromatic N) is 2. The van der Waals surface area contributed by atoms with E-state index in [0.29, 0.717) is 10.7 Å². The van der Waals surface area contributed by atoms with E-state index in [1.165, 1.54) is 5.56 Å². The predicted molar refractivity (Wildman–Crippen MR) is 131 cm³/mol. The first-order valence-electron chi connectivity index (χ1n) is 10.9. The number of anilines is 2. The number of carbonyl (C=O) groups excluding carboxylic acids is 2. The monoisotopic (exact) mass is 463 g/mol. The first kappa shape index (κ1) is 22.8. The Bertz CT molecular complexity index is 1080. The number of benzene rings is 3. The third-order valence-corrected chi connectivity index (χ3v) is 5.90. The number of hydrogen-bond acceptors (Lipinski definition) is 5. The Morgan fingerprint density at radius 1 is 0.848 bits per heavy atom. The van der Waals surface area contributed by atoms with Crippen LogP contribution in [0.2, 0.25) is 5.02 Å². The van der Waals surface area contributed by atoms with Crippen molar-refractivity contribution in [2.75, 3.05) is 43.0 Å². The average molecular weight is 464 g/mol. The van der Waals surface area contributed by atoms with Crippen LogP contribution >= 0.6 is 11.6 Å². The second-order valence-electron chi connectivity index (χ2n) is 7.90. The van der Waals surface area contributed by atoms with Gasteiger partial charge in [-0.2, -0.15) is 0 Å². The van der Waals surface area contributed by atoms with Crippen LogP contribution in [0.15, 0.2) is 78.9 Å². The summed E-state index contributed by atoms with van der Waals surface area (Å²) in [6, 6.07) is 24.8. The van der Waals surface area contributed by atoms with Gasteiger partial charge in [0.05, 0.1) is 10.6 Å². The van der Waals surface area contributed by atoms with Gasteiger partial charge >= 0.3 is 5.97 Å². The molecule has 0 bridgehead atoms. The first-order chi connectivity index (χ1) is 16.1. The van der Waals surface area contributed by atoms with E-state index >= 15 is 0 Å². The molecule has 1 heterocycles. The molecule has 1 aliphatic rings. The van der Waals surface area contributed by atoms with Crippen molar-refractivity contribution in [2.45, 2.75) is 6.54 Å². The quantitative estimate of drug-likeness (QED) is 0.524. The molecule has 33 heavy (non-hydrogen) atoms. The van der Waals surface area contributed by atoms with Crippen LogP contribution in [0.4, 0.5) is 11.4 Å². The Morgan fingerprint density at radius 3 is 2.21 bits per heavy atom. The fraction of sp³-hybridized carbons (Fsp3) is 0.231. The van der Waals surface area contributed by atoms with E-state index in [9.17, 15) is 9.59 Å². The number of hydrogen-bond donors (Lipinski definition) is 1. The number of rotatable bonds is 7. The first-order valence-corrected chi connectivity index (χ1v) is 11.3. The summed E-state index contributed by atoms with van der Waals surface area (Å²) in [7, 11) is 0. The van der Waals surface area contributed by atoms with Crippen molar-refractivity contribution in [2.24, 2.45) is 0 Å². The van der Waals surface area contributed by atoms with E-state index in [1.807, 2.05) is 30.3 Å². The van der Waals surface area contributed by atoms with Crippen LogP contribution in [-0.2, 0) is 16.1 Å². The Balaban J connectivity index is 1.22. The number of amides is 1. The van der Waals surface area contributed by atoms with Crippen LogP contribution in [0.5, 0.6) is 0 Å². The van der Waals surface area contributed by atoms with E-state index in [2.05, 4.69) is 39.4 Å². The summed E-state index contributed by atoms with van der Waals surface area (Å²) in [6.45, 7) is 4.51. The van der Waals surface area contributed by atoms with Crippen molar-refractivity contribution >= 4 is 34.9 Å².